The summed E-state index contributed by atoms with van der Waals surface area (Å²) in [6.45, 7) is 0.880. The van der Waals surface area contributed by atoms with Gasteiger partial charge < -0.3 is 15.2 Å². The minimum Gasteiger partial charge on any atom is -0.473 e. The van der Waals surface area contributed by atoms with Crippen LogP contribution in [0.2, 0.25) is 0 Å². The highest BCUT2D eigenvalue weighted by Gasteiger charge is 2.13. The molecule has 0 aliphatic heterocycles. The molecule has 0 radical (unpaired) electrons. The monoisotopic (exact) mass is 450 g/mol. The lowest BCUT2D eigenvalue weighted by molar-refractivity contribution is 0.268. The van der Waals surface area contributed by atoms with Crippen LogP contribution in [0.3, 0.4) is 0 Å². The number of hydrogen-bond donors (Lipinski definition) is 1. The van der Waals surface area contributed by atoms with E-state index in [1.165, 1.54) is 6.07 Å². The second-order valence-corrected chi connectivity index (χ2v) is 7.06. The fraction of sp³-hybridized carbons (Fsp3) is 0.115. The second kappa shape index (κ2) is 11.3. The van der Waals surface area contributed by atoms with E-state index in [2.05, 4.69) is 4.98 Å². The van der Waals surface area contributed by atoms with Crippen molar-refractivity contribution in [1.82, 2.24) is 4.98 Å². The van der Waals surface area contributed by atoms with Gasteiger partial charge in [-0.1, -0.05) is 72.8 Å². The predicted octanol–water partition coefficient (Wildman–Crippen LogP) is 5.93. The Bertz CT molecular complexity index is 1140. The quantitative estimate of drug-likeness (QED) is 0.361. The lowest BCUT2D eigenvalue weighted by atomic mass is 10.0. The van der Waals surface area contributed by atoms with Crippen LogP contribution < -0.4 is 15.2 Å². The molecule has 0 fully saturated rings. The van der Waals surface area contributed by atoms with E-state index < -0.39 is 0 Å². The van der Waals surface area contributed by atoms with Crippen LogP contribution >= 0.6 is 12.4 Å². The van der Waals surface area contributed by atoms with E-state index in [0.29, 0.717) is 41.7 Å². The molecule has 0 saturated heterocycles. The van der Waals surface area contributed by atoms with E-state index in [4.69, 9.17) is 15.2 Å². The van der Waals surface area contributed by atoms with E-state index >= 15 is 0 Å². The van der Waals surface area contributed by atoms with Crippen LogP contribution in [0.5, 0.6) is 11.8 Å². The summed E-state index contributed by atoms with van der Waals surface area (Å²) in [6.07, 6.45) is 0. The third-order valence-electron chi connectivity index (χ3n) is 4.87. The van der Waals surface area contributed by atoms with Crippen molar-refractivity contribution in [2.45, 2.75) is 19.8 Å². The van der Waals surface area contributed by atoms with Crippen LogP contribution in [0.4, 0.5) is 4.39 Å². The van der Waals surface area contributed by atoms with E-state index in [0.717, 1.165) is 11.1 Å². The standard InChI is InChI=1S/C26H23FN2O2.ClH/c27-24-15-21(11-12-22(24)16-28)23-13-14-25(30-17-19-7-3-1-4-8-19)29-26(23)31-18-20-9-5-2-6-10-20;/h1-15H,16-18,28H2;1H. The molecule has 4 aromatic rings. The zero-order chi connectivity index (χ0) is 21.5. The summed E-state index contributed by atoms with van der Waals surface area (Å²) in [4.78, 5) is 4.56. The molecular formula is C26H24ClFN2O2. The molecule has 2 N–H and O–H groups in total. The molecule has 164 valence electrons. The molecule has 1 aromatic heterocycles. The van der Waals surface area contributed by atoms with Gasteiger partial charge in [-0.3, -0.25) is 0 Å². The van der Waals surface area contributed by atoms with Crippen LogP contribution in [-0.4, -0.2) is 4.98 Å². The highest BCUT2D eigenvalue weighted by molar-refractivity contribution is 5.85. The number of ether oxygens (including phenoxy) is 2. The molecular weight excluding hydrogens is 427 g/mol. The Morgan fingerprint density at radius 3 is 1.97 bits per heavy atom. The van der Waals surface area contributed by atoms with E-state index in [1.54, 1.807) is 12.1 Å². The molecule has 0 unspecified atom stereocenters. The highest BCUT2D eigenvalue weighted by atomic mass is 35.5. The molecule has 0 bridgehead atoms. The maximum absolute atomic E-state index is 14.3. The molecule has 4 rings (SSSR count). The Morgan fingerprint density at radius 2 is 1.38 bits per heavy atom. The smallest absolute Gasteiger partial charge is 0.225 e. The van der Waals surface area contributed by atoms with Gasteiger partial charge in [0.15, 0.2) is 0 Å². The summed E-state index contributed by atoms with van der Waals surface area (Å²) in [5.74, 6) is 0.474. The first-order valence-corrected chi connectivity index (χ1v) is 10.1. The van der Waals surface area contributed by atoms with Gasteiger partial charge in [0.2, 0.25) is 11.8 Å². The number of benzene rings is 3. The number of halogens is 2. The summed E-state index contributed by atoms with van der Waals surface area (Å²) in [5, 5.41) is 0. The molecule has 0 aliphatic rings. The molecule has 32 heavy (non-hydrogen) atoms. The van der Waals surface area contributed by atoms with Gasteiger partial charge in [-0.25, -0.2) is 4.39 Å². The molecule has 0 saturated carbocycles. The zero-order valence-electron chi connectivity index (χ0n) is 17.4. The Kier molecular flexibility index (Phi) is 8.20. The Labute approximate surface area is 193 Å². The summed E-state index contributed by atoms with van der Waals surface area (Å²) in [6, 6.07) is 28.2. The zero-order valence-corrected chi connectivity index (χ0v) is 18.2. The van der Waals surface area contributed by atoms with Crippen molar-refractivity contribution in [3.63, 3.8) is 0 Å². The molecule has 6 heteroatoms. The van der Waals surface area contributed by atoms with Gasteiger partial charge >= 0.3 is 0 Å². The average molecular weight is 451 g/mol. The van der Waals surface area contributed by atoms with E-state index in [1.807, 2.05) is 72.8 Å². The summed E-state index contributed by atoms with van der Waals surface area (Å²) < 4.78 is 26.2. The molecule has 0 atom stereocenters. The van der Waals surface area contributed by atoms with Crippen LogP contribution in [0.25, 0.3) is 11.1 Å². The molecule has 3 aromatic carbocycles. The van der Waals surface area contributed by atoms with Crippen molar-refractivity contribution in [2.75, 3.05) is 0 Å². The summed E-state index contributed by atoms with van der Waals surface area (Å²) >= 11 is 0. The summed E-state index contributed by atoms with van der Waals surface area (Å²) in [7, 11) is 0. The number of hydrogen-bond acceptors (Lipinski definition) is 4. The number of pyridine rings is 1. The molecule has 0 aliphatic carbocycles. The van der Waals surface area contributed by atoms with Crippen molar-refractivity contribution < 1.29 is 13.9 Å². The van der Waals surface area contributed by atoms with Gasteiger partial charge in [0.25, 0.3) is 0 Å². The highest BCUT2D eigenvalue weighted by Crippen LogP contribution is 2.32. The maximum atomic E-state index is 14.3. The molecule has 0 amide bonds. The first-order chi connectivity index (χ1) is 15.2. The predicted molar refractivity (Wildman–Crippen MR) is 126 cm³/mol. The van der Waals surface area contributed by atoms with Gasteiger partial charge in [-0.2, -0.15) is 4.98 Å². The molecule has 0 spiro atoms. The topological polar surface area (TPSA) is 57.4 Å². The Morgan fingerprint density at radius 1 is 0.750 bits per heavy atom. The lowest BCUT2D eigenvalue weighted by Crippen LogP contribution is -2.03. The largest absolute Gasteiger partial charge is 0.473 e. The minimum atomic E-state index is -0.349. The van der Waals surface area contributed by atoms with Crippen LogP contribution in [0.1, 0.15) is 16.7 Å². The third kappa shape index (κ3) is 5.84. The van der Waals surface area contributed by atoms with Crippen molar-refractivity contribution in [1.29, 1.82) is 0 Å². The fourth-order valence-electron chi connectivity index (χ4n) is 3.17. The third-order valence-corrected chi connectivity index (χ3v) is 4.87. The van der Waals surface area contributed by atoms with Crippen LogP contribution in [-0.2, 0) is 19.8 Å². The van der Waals surface area contributed by atoms with Crippen LogP contribution in [0.15, 0.2) is 91.0 Å². The lowest BCUT2D eigenvalue weighted by Gasteiger charge is -2.14. The Balaban J connectivity index is 0.00000289. The van der Waals surface area contributed by atoms with Crippen molar-refractivity contribution in [3.05, 3.63) is 114 Å². The first kappa shape index (κ1) is 23.3. The van der Waals surface area contributed by atoms with Crippen molar-refractivity contribution in [3.8, 4) is 22.9 Å². The van der Waals surface area contributed by atoms with Gasteiger partial charge in [-0.15, -0.1) is 12.4 Å². The SMILES string of the molecule is Cl.NCc1ccc(-c2ccc(OCc3ccccc3)nc2OCc2ccccc2)cc1F. The second-order valence-electron chi connectivity index (χ2n) is 7.06. The van der Waals surface area contributed by atoms with Gasteiger partial charge in [0.1, 0.15) is 19.0 Å². The van der Waals surface area contributed by atoms with Gasteiger partial charge in [0.05, 0.1) is 0 Å². The fourth-order valence-corrected chi connectivity index (χ4v) is 3.17. The minimum absolute atomic E-state index is 0. The number of rotatable bonds is 8. The maximum Gasteiger partial charge on any atom is 0.225 e. The van der Waals surface area contributed by atoms with Crippen molar-refractivity contribution in [2.24, 2.45) is 5.73 Å². The van der Waals surface area contributed by atoms with E-state index in [-0.39, 0.29) is 24.8 Å². The molecule has 1 heterocycles. The number of nitrogens with zero attached hydrogens (tertiary/aromatic N) is 1. The molecule has 4 nitrogen and oxygen atoms in total. The first-order valence-electron chi connectivity index (χ1n) is 10.1. The number of aromatic nitrogens is 1. The average Bonchev–Trinajstić information content (AvgIpc) is 2.83. The Hall–Kier alpha value is -3.41. The normalized spacial score (nSPS) is 10.3. The summed E-state index contributed by atoms with van der Waals surface area (Å²) in [5.41, 5.74) is 9.46. The van der Waals surface area contributed by atoms with Crippen molar-refractivity contribution >= 4 is 12.4 Å². The van der Waals surface area contributed by atoms with E-state index in [9.17, 15) is 4.39 Å². The van der Waals surface area contributed by atoms with Gasteiger partial charge in [0, 0.05) is 23.7 Å². The van der Waals surface area contributed by atoms with Crippen LogP contribution in [0, 0.1) is 5.82 Å². The van der Waals surface area contributed by atoms with Gasteiger partial charge in [-0.05, 0) is 28.8 Å². The number of nitrogens with two attached hydrogens (primary N) is 1.